The quantitative estimate of drug-likeness (QED) is 0.854. The smallest absolute Gasteiger partial charge is 0.0991 e. The molecule has 5 nitrogen and oxygen atoms in total. The molecule has 0 amide bonds. The highest BCUT2D eigenvalue weighted by Gasteiger charge is 2.12. The molecule has 2 aromatic rings. The van der Waals surface area contributed by atoms with Gasteiger partial charge >= 0.3 is 0 Å². The Hall–Kier alpha value is -2.19. The molecule has 20 heavy (non-hydrogen) atoms. The van der Waals surface area contributed by atoms with Crippen molar-refractivity contribution in [2.75, 3.05) is 13.1 Å². The molecule has 0 saturated carbocycles. The molecule has 1 aliphatic heterocycles. The van der Waals surface area contributed by atoms with Crippen molar-refractivity contribution in [2.24, 2.45) is 0 Å². The van der Waals surface area contributed by atoms with Gasteiger partial charge in [-0.2, -0.15) is 5.26 Å². The van der Waals surface area contributed by atoms with Gasteiger partial charge < -0.3 is 0 Å². The van der Waals surface area contributed by atoms with Crippen LogP contribution in [-0.2, 0) is 6.54 Å². The van der Waals surface area contributed by atoms with Gasteiger partial charge in [0.15, 0.2) is 0 Å². The lowest BCUT2D eigenvalue weighted by atomic mass is 10.1. The summed E-state index contributed by atoms with van der Waals surface area (Å²) in [6.45, 7) is 3.18. The van der Waals surface area contributed by atoms with Gasteiger partial charge in [-0.3, -0.25) is 4.90 Å². The second-order valence-corrected chi connectivity index (χ2v) is 5.15. The van der Waals surface area contributed by atoms with Crippen LogP contribution in [-0.4, -0.2) is 33.0 Å². The van der Waals surface area contributed by atoms with Crippen molar-refractivity contribution in [2.45, 2.75) is 25.8 Å². The van der Waals surface area contributed by atoms with Gasteiger partial charge in [-0.05, 0) is 50.2 Å². The zero-order valence-corrected chi connectivity index (χ0v) is 11.4. The van der Waals surface area contributed by atoms with Gasteiger partial charge in [0.1, 0.15) is 0 Å². The maximum Gasteiger partial charge on any atom is 0.0991 e. The van der Waals surface area contributed by atoms with Gasteiger partial charge in [0.05, 0.1) is 29.2 Å². The summed E-state index contributed by atoms with van der Waals surface area (Å²) in [6.07, 6.45) is 5.87. The number of nitrogens with zero attached hydrogens (tertiary/aromatic N) is 5. The van der Waals surface area contributed by atoms with Crippen LogP contribution in [0.25, 0.3) is 5.69 Å². The Balaban J connectivity index is 1.70. The highest BCUT2D eigenvalue weighted by atomic mass is 15.4. The molecule has 0 aliphatic carbocycles. The van der Waals surface area contributed by atoms with E-state index in [0.717, 1.165) is 31.0 Å². The zero-order valence-electron chi connectivity index (χ0n) is 11.4. The Bertz CT molecular complexity index is 602. The first-order chi connectivity index (χ1) is 9.85. The van der Waals surface area contributed by atoms with Gasteiger partial charge in [-0.25, -0.2) is 4.68 Å². The first-order valence-electron chi connectivity index (χ1n) is 6.99. The molecule has 2 heterocycles. The van der Waals surface area contributed by atoms with Crippen molar-refractivity contribution in [3.05, 3.63) is 41.7 Å². The van der Waals surface area contributed by atoms with Crippen LogP contribution in [0, 0.1) is 11.3 Å². The molecule has 0 bridgehead atoms. The van der Waals surface area contributed by atoms with Crippen LogP contribution in [0.1, 0.15) is 30.5 Å². The summed E-state index contributed by atoms with van der Waals surface area (Å²) in [5.41, 5.74) is 2.58. The molecule has 5 heteroatoms. The van der Waals surface area contributed by atoms with E-state index >= 15 is 0 Å². The normalized spacial score (nSPS) is 15.9. The van der Waals surface area contributed by atoms with Gasteiger partial charge in [0, 0.05) is 6.54 Å². The van der Waals surface area contributed by atoms with Crippen molar-refractivity contribution in [1.29, 1.82) is 5.26 Å². The van der Waals surface area contributed by atoms with E-state index in [-0.39, 0.29) is 0 Å². The molecule has 1 aromatic carbocycles. The average molecular weight is 267 g/mol. The van der Waals surface area contributed by atoms with E-state index in [2.05, 4.69) is 21.3 Å². The highest BCUT2D eigenvalue weighted by molar-refractivity contribution is 5.38. The lowest BCUT2D eigenvalue weighted by Crippen LogP contribution is -2.29. The van der Waals surface area contributed by atoms with E-state index in [1.54, 1.807) is 16.8 Å². The molecule has 0 spiro atoms. The van der Waals surface area contributed by atoms with Gasteiger partial charge in [-0.1, -0.05) is 11.6 Å². The molecule has 102 valence electrons. The lowest BCUT2D eigenvalue weighted by molar-refractivity contribution is 0.218. The molecular formula is C15H17N5. The fourth-order valence-electron chi connectivity index (χ4n) is 2.53. The Morgan fingerprint density at radius 2 is 1.85 bits per heavy atom. The third-order valence-corrected chi connectivity index (χ3v) is 3.64. The molecule has 0 atom stereocenters. The third-order valence-electron chi connectivity index (χ3n) is 3.64. The van der Waals surface area contributed by atoms with E-state index in [4.69, 9.17) is 5.26 Å². The Labute approximate surface area is 118 Å². The topological polar surface area (TPSA) is 57.7 Å². The number of piperidine rings is 1. The van der Waals surface area contributed by atoms with Crippen LogP contribution in [0.2, 0.25) is 0 Å². The van der Waals surface area contributed by atoms with E-state index in [1.165, 1.54) is 19.3 Å². The van der Waals surface area contributed by atoms with Crippen LogP contribution >= 0.6 is 0 Å². The molecule has 1 saturated heterocycles. The van der Waals surface area contributed by atoms with E-state index in [9.17, 15) is 0 Å². The first kappa shape index (κ1) is 12.8. The summed E-state index contributed by atoms with van der Waals surface area (Å²) in [7, 11) is 0. The Morgan fingerprint density at radius 1 is 1.10 bits per heavy atom. The minimum atomic E-state index is 0.655. The summed E-state index contributed by atoms with van der Waals surface area (Å²) in [4.78, 5) is 2.43. The minimum absolute atomic E-state index is 0.655. The predicted octanol–water partition coefficient (Wildman–Crippen LogP) is 2.12. The highest BCUT2D eigenvalue weighted by Crippen LogP contribution is 2.13. The Morgan fingerprint density at radius 3 is 2.55 bits per heavy atom. The van der Waals surface area contributed by atoms with Crippen LogP contribution in [0.3, 0.4) is 0 Å². The minimum Gasteiger partial charge on any atom is -0.297 e. The molecule has 0 unspecified atom stereocenters. The van der Waals surface area contributed by atoms with E-state index in [1.807, 2.05) is 18.3 Å². The summed E-state index contributed by atoms with van der Waals surface area (Å²) in [5, 5.41) is 17.2. The second-order valence-electron chi connectivity index (χ2n) is 5.15. The monoisotopic (exact) mass is 267 g/mol. The van der Waals surface area contributed by atoms with Crippen LogP contribution < -0.4 is 0 Å². The summed E-state index contributed by atoms with van der Waals surface area (Å²) < 4.78 is 1.76. The van der Waals surface area contributed by atoms with E-state index < -0.39 is 0 Å². The van der Waals surface area contributed by atoms with Crippen molar-refractivity contribution in [3.8, 4) is 11.8 Å². The summed E-state index contributed by atoms with van der Waals surface area (Å²) >= 11 is 0. The molecule has 1 aromatic heterocycles. The number of likely N-dealkylation sites (tertiary alicyclic amines) is 1. The van der Waals surface area contributed by atoms with Crippen molar-refractivity contribution >= 4 is 0 Å². The fourth-order valence-corrected chi connectivity index (χ4v) is 2.53. The molecule has 0 N–H and O–H groups in total. The zero-order chi connectivity index (χ0) is 13.8. The van der Waals surface area contributed by atoms with Crippen LogP contribution in [0.5, 0.6) is 0 Å². The average Bonchev–Trinajstić information content (AvgIpc) is 2.97. The maximum atomic E-state index is 8.80. The SMILES string of the molecule is N#Cc1ccc(-n2cc(CN3CCCCC3)nn2)cc1. The van der Waals surface area contributed by atoms with Gasteiger partial charge in [-0.15, -0.1) is 5.10 Å². The maximum absolute atomic E-state index is 8.80. The fraction of sp³-hybridized carbons (Fsp3) is 0.400. The molecule has 1 fully saturated rings. The third kappa shape index (κ3) is 2.86. The van der Waals surface area contributed by atoms with Crippen molar-refractivity contribution in [3.63, 3.8) is 0 Å². The number of hydrogen-bond donors (Lipinski definition) is 0. The molecule has 1 aliphatic rings. The first-order valence-corrected chi connectivity index (χ1v) is 6.99. The standard InChI is InChI=1S/C15H17N5/c16-10-13-4-6-15(7-5-13)20-12-14(17-18-20)11-19-8-2-1-3-9-19/h4-7,12H,1-3,8-9,11H2. The number of hydrogen-bond acceptors (Lipinski definition) is 4. The number of rotatable bonds is 3. The number of benzene rings is 1. The summed E-state index contributed by atoms with van der Waals surface area (Å²) in [6, 6.07) is 9.47. The van der Waals surface area contributed by atoms with Crippen LogP contribution in [0.15, 0.2) is 30.5 Å². The number of nitriles is 1. The van der Waals surface area contributed by atoms with Crippen LogP contribution in [0.4, 0.5) is 0 Å². The largest absolute Gasteiger partial charge is 0.297 e. The predicted molar refractivity (Wildman–Crippen MR) is 75.2 cm³/mol. The van der Waals surface area contributed by atoms with E-state index in [0.29, 0.717) is 5.56 Å². The second kappa shape index (κ2) is 5.85. The molecular weight excluding hydrogens is 250 g/mol. The van der Waals surface area contributed by atoms with Gasteiger partial charge in [0.2, 0.25) is 0 Å². The molecule has 3 rings (SSSR count). The summed E-state index contributed by atoms with van der Waals surface area (Å²) in [5.74, 6) is 0. The Kier molecular flexibility index (Phi) is 3.75. The number of aromatic nitrogens is 3. The van der Waals surface area contributed by atoms with Gasteiger partial charge in [0.25, 0.3) is 0 Å². The lowest BCUT2D eigenvalue weighted by Gasteiger charge is -2.25. The van der Waals surface area contributed by atoms with Crippen molar-refractivity contribution < 1.29 is 0 Å². The van der Waals surface area contributed by atoms with Crippen molar-refractivity contribution in [1.82, 2.24) is 19.9 Å². The molecule has 0 radical (unpaired) electrons.